The van der Waals surface area contributed by atoms with Crippen molar-refractivity contribution in [1.29, 1.82) is 0 Å². The Hall–Kier alpha value is -7.22. The maximum absolute atomic E-state index is 6.33. The third-order valence-corrected chi connectivity index (χ3v) is 11.2. The molecule has 0 radical (unpaired) electrons. The van der Waals surface area contributed by atoms with Crippen LogP contribution in [0.3, 0.4) is 0 Å². The van der Waals surface area contributed by atoms with Crippen LogP contribution in [0.2, 0.25) is 0 Å². The Morgan fingerprint density at radius 3 is 1.86 bits per heavy atom. The van der Waals surface area contributed by atoms with Gasteiger partial charge in [0.15, 0.2) is 0 Å². The SMILES string of the molecule is C=C/C=C\c1oc2cccc(-c3cccc(-c4c5ccccc5c(-c5ccccc5-c5ccccc5)c5cc(-c6cccc7ccccc67)ccc45)c3)c2c1C. The van der Waals surface area contributed by atoms with E-state index < -0.39 is 0 Å². The minimum atomic E-state index is 0.855. The molecule has 56 heavy (non-hydrogen) atoms. The van der Waals surface area contributed by atoms with E-state index in [0.717, 1.165) is 33.4 Å². The van der Waals surface area contributed by atoms with Crippen LogP contribution in [0.25, 0.3) is 105 Å². The Morgan fingerprint density at radius 2 is 1.02 bits per heavy atom. The van der Waals surface area contributed by atoms with Gasteiger partial charge in [0.25, 0.3) is 0 Å². The van der Waals surface area contributed by atoms with Crippen molar-refractivity contribution in [3.05, 3.63) is 212 Å². The normalized spacial score (nSPS) is 11.7. The molecule has 0 spiro atoms. The summed E-state index contributed by atoms with van der Waals surface area (Å²) in [5.74, 6) is 0.855. The Bertz CT molecular complexity index is 3150. The summed E-state index contributed by atoms with van der Waals surface area (Å²) in [6.07, 6.45) is 5.70. The van der Waals surface area contributed by atoms with Crippen LogP contribution in [0.5, 0.6) is 0 Å². The first kappa shape index (κ1) is 33.4. The largest absolute Gasteiger partial charge is 0.456 e. The van der Waals surface area contributed by atoms with Crippen LogP contribution in [0.4, 0.5) is 0 Å². The lowest BCUT2D eigenvalue weighted by atomic mass is 9.82. The molecule has 0 saturated heterocycles. The molecule has 9 aromatic carbocycles. The molecule has 10 aromatic rings. The van der Waals surface area contributed by atoms with E-state index in [2.05, 4.69) is 195 Å². The van der Waals surface area contributed by atoms with Gasteiger partial charge in [-0.25, -0.2) is 0 Å². The Kier molecular flexibility index (Phi) is 8.27. The van der Waals surface area contributed by atoms with Crippen molar-refractivity contribution < 1.29 is 4.42 Å². The van der Waals surface area contributed by atoms with E-state index >= 15 is 0 Å². The van der Waals surface area contributed by atoms with Crippen molar-refractivity contribution in [2.45, 2.75) is 6.92 Å². The molecular formula is C55H38O. The molecule has 0 fully saturated rings. The van der Waals surface area contributed by atoms with E-state index in [1.54, 1.807) is 6.08 Å². The van der Waals surface area contributed by atoms with Crippen molar-refractivity contribution in [1.82, 2.24) is 0 Å². The Labute approximate surface area is 327 Å². The van der Waals surface area contributed by atoms with Crippen LogP contribution in [0, 0.1) is 6.92 Å². The molecule has 10 rings (SSSR count). The van der Waals surface area contributed by atoms with Crippen molar-refractivity contribution in [2.24, 2.45) is 0 Å². The number of hydrogen-bond donors (Lipinski definition) is 0. The summed E-state index contributed by atoms with van der Waals surface area (Å²) in [7, 11) is 0. The predicted molar refractivity (Wildman–Crippen MR) is 240 cm³/mol. The van der Waals surface area contributed by atoms with Gasteiger partial charge in [-0.2, -0.15) is 0 Å². The number of hydrogen-bond acceptors (Lipinski definition) is 1. The number of aryl methyl sites for hydroxylation is 1. The monoisotopic (exact) mass is 714 g/mol. The van der Waals surface area contributed by atoms with Crippen molar-refractivity contribution in [3.8, 4) is 55.6 Å². The first-order chi connectivity index (χ1) is 27.7. The standard InChI is InChI=1S/C55H38O/c1-3-4-30-51-36(2)53-45(29-16-31-52(53)56-51)39-21-14-22-41(34-39)54-47-26-12-13-27-48(47)55(46-25-11-10-24-43(46)37-17-6-5-7-18-37)50-35-40(32-33-49(50)54)44-28-15-20-38-19-8-9-23-42(38)44/h3-35H,1H2,2H3/b30-4-. The molecule has 0 N–H and O–H groups in total. The van der Waals surface area contributed by atoms with Gasteiger partial charge >= 0.3 is 0 Å². The highest BCUT2D eigenvalue weighted by Crippen LogP contribution is 2.48. The first-order valence-corrected chi connectivity index (χ1v) is 19.2. The summed E-state index contributed by atoms with van der Waals surface area (Å²) in [5.41, 5.74) is 14.0. The van der Waals surface area contributed by atoms with Gasteiger partial charge in [0.1, 0.15) is 11.3 Å². The molecular weight excluding hydrogens is 677 g/mol. The van der Waals surface area contributed by atoms with E-state index in [-0.39, 0.29) is 0 Å². The summed E-state index contributed by atoms with van der Waals surface area (Å²) in [6, 6.07) is 66.4. The highest BCUT2D eigenvalue weighted by molar-refractivity contribution is 6.23. The van der Waals surface area contributed by atoms with Gasteiger partial charge in [0.05, 0.1) is 0 Å². The summed E-state index contributed by atoms with van der Waals surface area (Å²) in [5, 5.41) is 8.52. The summed E-state index contributed by atoms with van der Waals surface area (Å²) < 4.78 is 6.33. The molecule has 0 amide bonds. The zero-order chi connectivity index (χ0) is 37.6. The van der Waals surface area contributed by atoms with E-state index in [1.165, 1.54) is 76.8 Å². The molecule has 1 nitrogen and oxygen atoms in total. The molecule has 0 aliphatic heterocycles. The maximum Gasteiger partial charge on any atom is 0.135 e. The first-order valence-electron chi connectivity index (χ1n) is 19.2. The van der Waals surface area contributed by atoms with Gasteiger partial charge in [-0.15, -0.1) is 0 Å². The molecule has 0 unspecified atom stereocenters. The fraction of sp³-hybridized carbons (Fsp3) is 0.0182. The number of furan rings is 1. The molecule has 0 aliphatic carbocycles. The lowest BCUT2D eigenvalue weighted by molar-refractivity contribution is 0.601. The van der Waals surface area contributed by atoms with Crippen LogP contribution in [0.1, 0.15) is 11.3 Å². The molecule has 264 valence electrons. The second-order valence-electron chi connectivity index (χ2n) is 14.4. The minimum absolute atomic E-state index is 0.855. The molecule has 0 aliphatic rings. The number of benzene rings is 9. The highest BCUT2D eigenvalue weighted by atomic mass is 16.3. The van der Waals surface area contributed by atoms with Gasteiger partial charge in [-0.05, 0) is 119 Å². The quantitative estimate of drug-likeness (QED) is 0.118. The molecule has 0 saturated carbocycles. The number of allylic oxidation sites excluding steroid dienone is 2. The summed E-state index contributed by atoms with van der Waals surface area (Å²) in [6.45, 7) is 5.99. The minimum Gasteiger partial charge on any atom is -0.456 e. The van der Waals surface area contributed by atoms with Crippen LogP contribution < -0.4 is 0 Å². The lowest BCUT2D eigenvalue weighted by Crippen LogP contribution is -1.94. The zero-order valence-electron chi connectivity index (χ0n) is 31.2. The number of fused-ring (bicyclic) bond motifs is 4. The third kappa shape index (κ3) is 5.56. The van der Waals surface area contributed by atoms with Crippen LogP contribution >= 0.6 is 0 Å². The Balaban J connectivity index is 1.28. The van der Waals surface area contributed by atoms with Crippen molar-refractivity contribution in [2.75, 3.05) is 0 Å². The third-order valence-electron chi connectivity index (χ3n) is 11.2. The van der Waals surface area contributed by atoms with Gasteiger partial charge in [-0.3, -0.25) is 0 Å². The Morgan fingerprint density at radius 1 is 0.429 bits per heavy atom. The molecule has 0 atom stereocenters. The summed E-state index contributed by atoms with van der Waals surface area (Å²) >= 11 is 0. The van der Waals surface area contributed by atoms with E-state index in [4.69, 9.17) is 4.42 Å². The fourth-order valence-corrected chi connectivity index (χ4v) is 8.71. The van der Waals surface area contributed by atoms with E-state index in [1.807, 2.05) is 12.2 Å². The maximum atomic E-state index is 6.33. The lowest BCUT2D eigenvalue weighted by Gasteiger charge is -2.21. The van der Waals surface area contributed by atoms with Crippen LogP contribution in [-0.2, 0) is 0 Å². The predicted octanol–water partition coefficient (Wildman–Crippen LogP) is 15.7. The van der Waals surface area contributed by atoms with Gasteiger partial charge in [0.2, 0.25) is 0 Å². The van der Waals surface area contributed by atoms with Crippen molar-refractivity contribution in [3.63, 3.8) is 0 Å². The molecule has 0 bridgehead atoms. The highest BCUT2D eigenvalue weighted by Gasteiger charge is 2.21. The zero-order valence-corrected chi connectivity index (χ0v) is 31.2. The number of rotatable bonds is 7. The average molecular weight is 715 g/mol. The van der Waals surface area contributed by atoms with Gasteiger partial charge < -0.3 is 4.42 Å². The van der Waals surface area contributed by atoms with E-state index in [9.17, 15) is 0 Å². The molecule has 1 heteroatoms. The molecule has 1 aromatic heterocycles. The average Bonchev–Trinajstić information content (AvgIpc) is 3.59. The smallest absolute Gasteiger partial charge is 0.135 e. The van der Waals surface area contributed by atoms with Gasteiger partial charge in [-0.1, -0.05) is 183 Å². The van der Waals surface area contributed by atoms with Crippen LogP contribution in [0.15, 0.2) is 205 Å². The molecule has 1 heterocycles. The second-order valence-corrected chi connectivity index (χ2v) is 14.4. The second kappa shape index (κ2) is 13.9. The van der Waals surface area contributed by atoms with Crippen LogP contribution in [-0.4, -0.2) is 0 Å². The van der Waals surface area contributed by atoms with Gasteiger partial charge in [0, 0.05) is 10.9 Å². The summed E-state index contributed by atoms with van der Waals surface area (Å²) in [4.78, 5) is 0. The van der Waals surface area contributed by atoms with Crippen molar-refractivity contribution >= 4 is 49.4 Å². The topological polar surface area (TPSA) is 13.1 Å². The fourth-order valence-electron chi connectivity index (χ4n) is 8.71. The van der Waals surface area contributed by atoms with E-state index in [0.29, 0.717) is 0 Å².